The van der Waals surface area contributed by atoms with Crippen molar-refractivity contribution < 1.29 is 38.9 Å². The average molecular weight is 424 g/mol. The van der Waals surface area contributed by atoms with E-state index in [0.29, 0.717) is 0 Å². The predicted octanol–water partition coefficient (Wildman–Crippen LogP) is 0.823. The van der Waals surface area contributed by atoms with Crippen molar-refractivity contribution in [3.05, 3.63) is 35.9 Å². The van der Waals surface area contributed by atoms with Crippen LogP contribution in [0.2, 0.25) is 0 Å². The van der Waals surface area contributed by atoms with E-state index in [2.05, 4.69) is 10.6 Å². The number of alkyl carbamates (subject to hydrolysis) is 1. The summed E-state index contributed by atoms with van der Waals surface area (Å²) in [5.74, 6) is -3.32. The number of amides is 2. The fourth-order valence-electron chi connectivity index (χ4n) is 2.47. The number of carbonyl (C=O) groups is 4. The minimum Gasteiger partial charge on any atom is -0.480 e. The van der Waals surface area contributed by atoms with Gasteiger partial charge in [-0.05, 0) is 18.9 Å². The summed E-state index contributed by atoms with van der Waals surface area (Å²) in [4.78, 5) is 46.6. The maximum atomic E-state index is 12.0. The lowest BCUT2D eigenvalue weighted by atomic mass is 10.0. The third-order valence-corrected chi connectivity index (χ3v) is 4.03. The second-order valence-electron chi connectivity index (χ2n) is 6.65. The molecule has 0 unspecified atom stereocenters. The minimum absolute atomic E-state index is 0.0577. The number of carbonyl (C=O) groups excluding carboxylic acids is 3. The Hall–Kier alpha value is -3.14. The minimum atomic E-state index is -1.31. The molecule has 1 rings (SSSR count). The molecule has 0 heterocycles. The van der Waals surface area contributed by atoms with Gasteiger partial charge in [0.05, 0.1) is 25.0 Å². The summed E-state index contributed by atoms with van der Waals surface area (Å²) in [5.41, 5.74) is 0.796. The summed E-state index contributed by atoms with van der Waals surface area (Å²) >= 11 is 0. The van der Waals surface area contributed by atoms with Gasteiger partial charge < -0.3 is 30.3 Å². The van der Waals surface area contributed by atoms with Crippen molar-refractivity contribution in [1.29, 1.82) is 0 Å². The lowest BCUT2D eigenvalue weighted by Crippen LogP contribution is -2.44. The van der Waals surface area contributed by atoms with Gasteiger partial charge in [-0.15, -0.1) is 0 Å². The van der Waals surface area contributed by atoms with Crippen LogP contribution in [0.5, 0.6) is 0 Å². The number of esters is 1. The van der Waals surface area contributed by atoms with Gasteiger partial charge in [0.2, 0.25) is 5.91 Å². The van der Waals surface area contributed by atoms with Crippen LogP contribution in [0.4, 0.5) is 4.79 Å². The maximum Gasteiger partial charge on any atom is 0.407 e. The number of aliphatic carboxylic acids is 1. The lowest BCUT2D eigenvalue weighted by molar-refractivity contribution is -0.149. The van der Waals surface area contributed by atoms with Gasteiger partial charge >= 0.3 is 18.0 Å². The molecule has 0 aliphatic rings. The second kappa shape index (κ2) is 13.2. The first-order valence-electron chi connectivity index (χ1n) is 9.54. The van der Waals surface area contributed by atoms with E-state index in [1.807, 2.05) is 6.07 Å². The molecule has 0 saturated heterocycles. The van der Waals surface area contributed by atoms with Gasteiger partial charge in [0.25, 0.3) is 0 Å². The van der Waals surface area contributed by atoms with Crippen LogP contribution < -0.4 is 10.6 Å². The van der Waals surface area contributed by atoms with Gasteiger partial charge in [0, 0.05) is 6.54 Å². The topological polar surface area (TPSA) is 151 Å². The van der Waals surface area contributed by atoms with Crippen molar-refractivity contribution in [2.24, 2.45) is 5.92 Å². The zero-order valence-corrected chi connectivity index (χ0v) is 17.0. The SMILES string of the molecule is CCOC(=O)[C@H](C)C[C@@H](NC(=O)C[C@H](O)CNC(=O)OCc1ccccc1)C(=O)O. The Labute approximate surface area is 174 Å². The Balaban J connectivity index is 2.37. The highest BCUT2D eigenvalue weighted by atomic mass is 16.5. The molecule has 0 aliphatic heterocycles. The molecule has 2 amide bonds. The summed E-state index contributed by atoms with van der Waals surface area (Å²) in [5, 5.41) is 23.7. The molecule has 0 bridgehead atoms. The van der Waals surface area contributed by atoms with Crippen LogP contribution >= 0.6 is 0 Å². The molecule has 0 aromatic heterocycles. The highest BCUT2D eigenvalue weighted by molar-refractivity contribution is 5.84. The molecule has 3 atom stereocenters. The van der Waals surface area contributed by atoms with Crippen LogP contribution in [0.15, 0.2) is 30.3 Å². The van der Waals surface area contributed by atoms with E-state index in [-0.39, 0.29) is 26.2 Å². The zero-order valence-electron chi connectivity index (χ0n) is 17.0. The summed E-state index contributed by atoms with van der Waals surface area (Å²) in [7, 11) is 0. The van der Waals surface area contributed by atoms with Gasteiger partial charge in [-0.1, -0.05) is 37.3 Å². The molecule has 0 saturated carbocycles. The van der Waals surface area contributed by atoms with Gasteiger partial charge in [0.1, 0.15) is 12.6 Å². The molecule has 10 heteroatoms. The molecular weight excluding hydrogens is 396 g/mol. The number of carboxylic acid groups (broad SMARTS) is 1. The Morgan fingerprint density at radius 1 is 1.10 bits per heavy atom. The van der Waals surface area contributed by atoms with E-state index in [9.17, 15) is 29.4 Å². The highest BCUT2D eigenvalue weighted by Crippen LogP contribution is 2.09. The first kappa shape index (κ1) is 24.9. The van der Waals surface area contributed by atoms with E-state index in [4.69, 9.17) is 9.47 Å². The van der Waals surface area contributed by atoms with Crippen LogP contribution in [0.3, 0.4) is 0 Å². The summed E-state index contributed by atoms with van der Waals surface area (Å²) in [6, 6.07) is 7.70. The van der Waals surface area contributed by atoms with Gasteiger partial charge in [0.15, 0.2) is 0 Å². The van der Waals surface area contributed by atoms with Crippen molar-refractivity contribution in [3.8, 4) is 0 Å². The van der Waals surface area contributed by atoms with Crippen molar-refractivity contribution in [2.75, 3.05) is 13.2 Å². The third kappa shape index (κ3) is 9.87. The quantitative estimate of drug-likeness (QED) is 0.360. The number of hydrogen-bond acceptors (Lipinski definition) is 7. The van der Waals surface area contributed by atoms with Crippen molar-refractivity contribution >= 4 is 23.9 Å². The molecule has 1 aromatic rings. The van der Waals surface area contributed by atoms with Gasteiger partial charge in [-0.25, -0.2) is 9.59 Å². The predicted molar refractivity (Wildman–Crippen MR) is 105 cm³/mol. The largest absolute Gasteiger partial charge is 0.480 e. The fourth-order valence-corrected chi connectivity index (χ4v) is 2.47. The van der Waals surface area contributed by atoms with E-state index >= 15 is 0 Å². The fraction of sp³-hybridized carbons (Fsp3) is 0.500. The second-order valence-corrected chi connectivity index (χ2v) is 6.65. The Morgan fingerprint density at radius 3 is 2.37 bits per heavy atom. The molecule has 1 aromatic carbocycles. The highest BCUT2D eigenvalue weighted by Gasteiger charge is 2.27. The third-order valence-electron chi connectivity index (χ3n) is 4.03. The monoisotopic (exact) mass is 424 g/mol. The maximum absolute atomic E-state index is 12.0. The number of rotatable bonds is 12. The summed E-state index contributed by atoms with van der Waals surface area (Å²) in [6.45, 7) is 3.11. The van der Waals surface area contributed by atoms with Crippen LogP contribution in [-0.2, 0) is 30.5 Å². The number of nitrogens with one attached hydrogen (secondary N) is 2. The van der Waals surface area contributed by atoms with Crippen LogP contribution in [0, 0.1) is 5.92 Å². The summed E-state index contributed by atoms with van der Waals surface area (Å²) in [6.07, 6.45) is -2.59. The van der Waals surface area contributed by atoms with Crippen molar-refractivity contribution in [2.45, 2.75) is 45.4 Å². The Kier molecular flexibility index (Phi) is 10.9. The van der Waals surface area contributed by atoms with Gasteiger partial charge in [-0.2, -0.15) is 0 Å². The summed E-state index contributed by atoms with van der Waals surface area (Å²) < 4.78 is 9.80. The molecule has 0 aliphatic carbocycles. The number of benzene rings is 1. The van der Waals surface area contributed by atoms with E-state index in [0.717, 1.165) is 5.56 Å². The molecule has 30 heavy (non-hydrogen) atoms. The van der Waals surface area contributed by atoms with E-state index < -0.39 is 48.4 Å². The van der Waals surface area contributed by atoms with E-state index in [1.165, 1.54) is 6.92 Å². The van der Waals surface area contributed by atoms with Crippen LogP contribution in [0.25, 0.3) is 0 Å². The molecular formula is C20H28N2O8. The number of aliphatic hydroxyl groups excluding tert-OH is 1. The Bertz CT molecular complexity index is 710. The first-order chi connectivity index (χ1) is 14.2. The molecule has 166 valence electrons. The normalized spacial score (nSPS) is 13.4. The standard InChI is InChI=1S/C20H28N2O8/c1-3-29-19(27)13(2)9-16(18(25)26)22-17(24)10-15(23)11-21-20(28)30-12-14-7-5-4-6-8-14/h4-8,13,15-16,23H,3,9-12H2,1-2H3,(H,21,28)(H,22,24)(H,25,26)/t13-,15+,16-/m1/s1. The van der Waals surface area contributed by atoms with Crippen molar-refractivity contribution in [1.82, 2.24) is 10.6 Å². The number of hydrogen-bond donors (Lipinski definition) is 4. The number of carboxylic acids is 1. The molecule has 10 nitrogen and oxygen atoms in total. The molecule has 0 fully saturated rings. The lowest BCUT2D eigenvalue weighted by Gasteiger charge is -2.19. The van der Waals surface area contributed by atoms with Crippen molar-refractivity contribution in [3.63, 3.8) is 0 Å². The smallest absolute Gasteiger partial charge is 0.407 e. The van der Waals surface area contributed by atoms with Crippen LogP contribution in [0.1, 0.15) is 32.3 Å². The first-order valence-corrected chi connectivity index (χ1v) is 9.54. The van der Waals surface area contributed by atoms with Crippen LogP contribution in [-0.4, -0.2) is 59.4 Å². The molecule has 0 radical (unpaired) electrons. The number of aliphatic hydroxyl groups is 1. The average Bonchev–Trinajstić information content (AvgIpc) is 2.70. The molecule has 0 spiro atoms. The zero-order chi connectivity index (χ0) is 22.5. The Morgan fingerprint density at radius 2 is 1.77 bits per heavy atom. The van der Waals surface area contributed by atoms with E-state index in [1.54, 1.807) is 31.2 Å². The number of ether oxygens (including phenoxy) is 2. The molecule has 4 N–H and O–H groups in total. The van der Waals surface area contributed by atoms with Gasteiger partial charge in [-0.3, -0.25) is 9.59 Å².